The number of ether oxygens (including phenoxy) is 1. The summed E-state index contributed by atoms with van der Waals surface area (Å²) < 4.78 is 6.91. The first-order valence-electron chi connectivity index (χ1n) is 4.25. The van der Waals surface area contributed by atoms with E-state index in [0.29, 0.717) is 5.15 Å². The van der Waals surface area contributed by atoms with E-state index in [4.69, 9.17) is 16.3 Å². The standard InChI is InChI=1S/C9H10ClN3O/c1-6(14-2)7-3-4-11-9-5-8(10)12-13(7)9/h3-6H,1-2H3/t6-/m0/s1. The van der Waals surface area contributed by atoms with Crippen LogP contribution >= 0.6 is 11.6 Å². The molecule has 14 heavy (non-hydrogen) atoms. The molecule has 74 valence electrons. The highest BCUT2D eigenvalue weighted by Gasteiger charge is 2.10. The molecule has 2 aromatic rings. The molecule has 2 aromatic heterocycles. The summed E-state index contributed by atoms with van der Waals surface area (Å²) in [6, 6.07) is 3.58. The summed E-state index contributed by atoms with van der Waals surface area (Å²) in [7, 11) is 1.65. The molecule has 1 atom stereocenters. The molecule has 0 aliphatic carbocycles. The highest BCUT2D eigenvalue weighted by molar-refractivity contribution is 6.29. The van der Waals surface area contributed by atoms with Crippen LogP contribution in [0.1, 0.15) is 18.7 Å². The summed E-state index contributed by atoms with van der Waals surface area (Å²) in [4.78, 5) is 4.14. The Kier molecular flexibility index (Phi) is 2.39. The van der Waals surface area contributed by atoms with E-state index in [1.165, 1.54) is 0 Å². The van der Waals surface area contributed by atoms with Crippen LogP contribution in [0.25, 0.3) is 5.65 Å². The van der Waals surface area contributed by atoms with Crippen LogP contribution in [0, 0.1) is 0 Å². The fraction of sp³-hybridized carbons (Fsp3) is 0.333. The molecule has 2 heterocycles. The predicted octanol–water partition coefficient (Wildman–Crippen LogP) is 2.09. The molecule has 0 N–H and O–H groups in total. The second-order valence-electron chi connectivity index (χ2n) is 2.98. The minimum atomic E-state index is -0.0310. The molecule has 0 saturated carbocycles. The van der Waals surface area contributed by atoms with Gasteiger partial charge in [0.15, 0.2) is 10.8 Å². The Morgan fingerprint density at radius 2 is 2.36 bits per heavy atom. The fourth-order valence-corrected chi connectivity index (χ4v) is 1.49. The van der Waals surface area contributed by atoms with Crippen LogP contribution in [0.3, 0.4) is 0 Å². The fourth-order valence-electron chi connectivity index (χ4n) is 1.31. The second kappa shape index (κ2) is 3.55. The molecule has 0 fully saturated rings. The molecular formula is C9H10ClN3O. The Morgan fingerprint density at radius 1 is 1.57 bits per heavy atom. The number of rotatable bonds is 2. The summed E-state index contributed by atoms with van der Waals surface area (Å²) in [6.07, 6.45) is 1.69. The van der Waals surface area contributed by atoms with Crippen molar-refractivity contribution in [1.82, 2.24) is 14.6 Å². The average Bonchev–Trinajstić information content (AvgIpc) is 2.56. The maximum Gasteiger partial charge on any atom is 0.156 e. The molecule has 0 radical (unpaired) electrons. The van der Waals surface area contributed by atoms with Crippen molar-refractivity contribution in [2.75, 3.05) is 7.11 Å². The summed E-state index contributed by atoms with van der Waals surface area (Å²) in [5.74, 6) is 0. The van der Waals surface area contributed by atoms with Gasteiger partial charge in [0.05, 0.1) is 11.8 Å². The van der Waals surface area contributed by atoms with Gasteiger partial charge in [-0.15, -0.1) is 0 Å². The maximum absolute atomic E-state index is 5.79. The first-order valence-corrected chi connectivity index (χ1v) is 4.63. The molecule has 4 nitrogen and oxygen atoms in total. The van der Waals surface area contributed by atoms with Crippen LogP contribution in [-0.4, -0.2) is 21.7 Å². The lowest BCUT2D eigenvalue weighted by atomic mass is 10.3. The van der Waals surface area contributed by atoms with Crippen molar-refractivity contribution in [2.45, 2.75) is 13.0 Å². The molecule has 0 aliphatic heterocycles. The van der Waals surface area contributed by atoms with Gasteiger partial charge in [-0.1, -0.05) is 11.6 Å². The van der Waals surface area contributed by atoms with E-state index in [9.17, 15) is 0 Å². The first-order chi connectivity index (χ1) is 6.72. The van der Waals surface area contributed by atoms with E-state index in [1.807, 2.05) is 13.0 Å². The topological polar surface area (TPSA) is 39.4 Å². The Balaban J connectivity index is 2.64. The molecule has 0 saturated heterocycles. The number of methoxy groups -OCH3 is 1. The summed E-state index contributed by atoms with van der Waals surface area (Å²) in [5.41, 5.74) is 1.67. The second-order valence-corrected chi connectivity index (χ2v) is 3.37. The third-order valence-corrected chi connectivity index (χ3v) is 2.31. The minimum Gasteiger partial charge on any atom is -0.375 e. The third-order valence-electron chi connectivity index (χ3n) is 2.13. The van der Waals surface area contributed by atoms with Gasteiger partial charge in [0.25, 0.3) is 0 Å². The van der Waals surface area contributed by atoms with E-state index in [-0.39, 0.29) is 6.10 Å². The van der Waals surface area contributed by atoms with Gasteiger partial charge < -0.3 is 4.74 Å². The lowest BCUT2D eigenvalue weighted by Crippen LogP contribution is -2.05. The van der Waals surface area contributed by atoms with E-state index in [0.717, 1.165) is 11.3 Å². The first kappa shape index (κ1) is 9.43. The molecular weight excluding hydrogens is 202 g/mol. The molecule has 0 aromatic carbocycles. The van der Waals surface area contributed by atoms with Crippen LogP contribution in [0.4, 0.5) is 0 Å². The number of aromatic nitrogens is 3. The zero-order chi connectivity index (χ0) is 10.1. The van der Waals surface area contributed by atoms with Crippen LogP contribution in [0.2, 0.25) is 5.15 Å². The zero-order valence-corrected chi connectivity index (χ0v) is 8.69. The minimum absolute atomic E-state index is 0.0310. The Hall–Kier alpha value is -1.13. The molecule has 5 heteroatoms. The van der Waals surface area contributed by atoms with Gasteiger partial charge in [0.2, 0.25) is 0 Å². The Morgan fingerprint density at radius 3 is 3.07 bits per heavy atom. The lowest BCUT2D eigenvalue weighted by molar-refractivity contribution is 0.114. The summed E-state index contributed by atoms with van der Waals surface area (Å²) >= 11 is 5.79. The van der Waals surface area contributed by atoms with E-state index >= 15 is 0 Å². The van der Waals surface area contributed by atoms with Gasteiger partial charge in [0, 0.05) is 19.4 Å². The SMILES string of the molecule is CO[C@@H](C)c1ccnc2cc(Cl)nn12. The van der Waals surface area contributed by atoms with Crippen molar-refractivity contribution >= 4 is 17.2 Å². The van der Waals surface area contributed by atoms with Crippen molar-refractivity contribution in [3.05, 3.63) is 29.2 Å². The van der Waals surface area contributed by atoms with Gasteiger partial charge in [-0.3, -0.25) is 0 Å². The van der Waals surface area contributed by atoms with E-state index < -0.39 is 0 Å². The van der Waals surface area contributed by atoms with Crippen LogP contribution in [0.15, 0.2) is 18.3 Å². The highest BCUT2D eigenvalue weighted by Crippen LogP contribution is 2.17. The van der Waals surface area contributed by atoms with Gasteiger partial charge in [-0.05, 0) is 13.0 Å². The lowest BCUT2D eigenvalue weighted by Gasteiger charge is -2.10. The molecule has 0 bridgehead atoms. The van der Waals surface area contributed by atoms with Gasteiger partial charge >= 0.3 is 0 Å². The molecule has 0 unspecified atom stereocenters. The van der Waals surface area contributed by atoms with Crippen molar-refractivity contribution in [1.29, 1.82) is 0 Å². The highest BCUT2D eigenvalue weighted by atomic mass is 35.5. The van der Waals surface area contributed by atoms with E-state index in [1.54, 1.807) is 23.9 Å². The molecule has 0 aliphatic rings. The smallest absolute Gasteiger partial charge is 0.156 e. The maximum atomic E-state index is 5.79. The molecule has 0 amide bonds. The van der Waals surface area contributed by atoms with Crippen molar-refractivity contribution in [3.8, 4) is 0 Å². The van der Waals surface area contributed by atoms with E-state index in [2.05, 4.69) is 10.1 Å². The number of nitrogens with zero attached hydrogens (tertiary/aromatic N) is 3. The number of hydrogen-bond acceptors (Lipinski definition) is 3. The predicted molar refractivity (Wildman–Crippen MR) is 53.4 cm³/mol. The largest absolute Gasteiger partial charge is 0.375 e. The monoisotopic (exact) mass is 211 g/mol. The number of halogens is 1. The van der Waals surface area contributed by atoms with Crippen molar-refractivity contribution in [2.24, 2.45) is 0 Å². The van der Waals surface area contributed by atoms with Gasteiger partial charge in [-0.25, -0.2) is 9.50 Å². The normalized spacial score (nSPS) is 13.4. The van der Waals surface area contributed by atoms with Crippen LogP contribution in [-0.2, 0) is 4.74 Å². The number of fused-ring (bicyclic) bond motifs is 1. The van der Waals surface area contributed by atoms with Crippen LogP contribution in [0.5, 0.6) is 0 Å². The molecule has 2 rings (SSSR count). The van der Waals surface area contributed by atoms with Crippen molar-refractivity contribution in [3.63, 3.8) is 0 Å². The molecule has 0 spiro atoms. The summed E-state index contributed by atoms with van der Waals surface area (Å²) in [5, 5.41) is 4.56. The number of hydrogen-bond donors (Lipinski definition) is 0. The van der Waals surface area contributed by atoms with Crippen molar-refractivity contribution < 1.29 is 4.74 Å². The quantitative estimate of drug-likeness (QED) is 0.764. The van der Waals surface area contributed by atoms with Gasteiger partial charge in [-0.2, -0.15) is 5.10 Å². The third kappa shape index (κ3) is 1.47. The summed E-state index contributed by atoms with van der Waals surface area (Å²) in [6.45, 7) is 1.95. The average molecular weight is 212 g/mol. The zero-order valence-electron chi connectivity index (χ0n) is 7.94. The van der Waals surface area contributed by atoms with Gasteiger partial charge in [0.1, 0.15) is 0 Å². The van der Waals surface area contributed by atoms with Crippen LogP contribution < -0.4 is 0 Å². The Labute approximate surface area is 86.5 Å². The Bertz CT molecular complexity index is 454.